The van der Waals surface area contributed by atoms with E-state index < -0.39 is 0 Å². The third-order valence-electron chi connectivity index (χ3n) is 2.82. The van der Waals surface area contributed by atoms with Crippen molar-refractivity contribution >= 4 is 6.01 Å². The summed E-state index contributed by atoms with van der Waals surface area (Å²) in [6.45, 7) is 2.14. The molecule has 6 nitrogen and oxygen atoms in total. The van der Waals surface area contributed by atoms with Crippen molar-refractivity contribution in [3.63, 3.8) is 0 Å². The summed E-state index contributed by atoms with van der Waals surface area (Å²) < 4.78 is 18.7. The summed E-state index contributed by atoms with van der Waals surface area (Å²) in [5.41, 5.74) is 1.92. The lowest BCUT2D eigenvalue weighted by Crippen LogP contribution is -2.00. The Balaban J connectivity index is 1.82. The Hall–Kier alpha value is -2.70. The van der Waals surface area contributed by atoms with E-state index in [0.29, 0.717) is 29.6 Å². The van der Waals surface area contributed by atoms with Crippen molar-refractivity contribution in [2.45, 2.75) is 13.5 Å². The zero-order chi connectivity index (χ0) is 13.9. The molecule has 2 N–H and O–H groups in total. The highest BCUT2D eigenvalue weighted by atomic mass is 19.1. The van der Waals surface area contributed by atoms with Gasteiger partial charge in [0, 0.05) is 17.7 Å². The Kier molecular flexibility index (Phi) is 3.16. The molecule has 0 spiro atoms. The van der Waals surface area contributed by atoms with Crippen molar-refractivity contribution in [1.29, 1.82) is 0 Å². The number of hydrogen-bond donors (Lipinski definition) is 2. The fraction of sp³-hybridized carbons (Fsp3) is 0.154. The molecule has 0 saturated heterocycles. The van der Waals surface area contributed by atoms with Crippen molar-refractivity contribution in [1.82, 2.24) is 20.3 Å². The number of nitrogens with zero attached hydrogens (tertiary/aromatic N) is 3. The average Bonchev–Trinajstić information content (AvgIpc) is 3.06. The van der Waals surface area contributed by atoms with Crippen LogP contribution in [-0.4, -0.2) is 20.3 Å². The first-order valence-corrected chi connectivity index (χ1v) is 6.05. The fourth-order valence-electron chi connectivity index (χ4n) is 1.88. The number of hydrogen-bond acceptors (Lipinski definition) is 5. The molecular formula is C13H12FN5O. The minimum Gasteiger partial charge on any atom is -0.334 e. The van der Waals surface area contributed by atoms with Crippen LogP contribution in [0.3, 0.4) is 0 Å². The molecule has 3 rings (SSSR count). The van der Waals surface area contributed by atoms with E-state index >= 15 is 0 Å². The molecule has 0 bridgehead atoms. The third kappa shape index (κ3) is 2.37. The second-order valence-corrected chi connectivity index (χ2v) is 4.25. The molecule has 102 valence electrons. The molecule has 2 heterocycles. The smallest absolute Gasteiger partial charge is 0.321 e. The van der Waals surface area contributed by atoms with E-state index in [-0.39, 0.29) is 5.82 Å². The van der Waals surface area contributed by atoms with Crippen LogP contribution in [-0.2, 0) is 6.54 Å². The Morgan fingerprint density at radius 3 is 2.95 bits per heavy atom. The maximum Gasteiger partial charge on any atom is 0.321 e. The molecule has 0 unspecified atom stereocenters. The number of aromatic nitrogens is 4. The quantitative estimate of drug-likeness (QED) is 0.763. The highest BCUT2D eigenvalue weighted by Gasteiger charge is 2.12. The van der Waals surface area contributed by atoms with Crippen LogP contribution in [0.5, 0.6) is 0 Å². The van der Waals surface area contributed by atoms with Gasteiger partial charge in [0.2, 0.25) is 0 Å². The third-order valence-corrected chi connectivity index (χ3v) is 2.82. The first-order valence-electron chi connectivity index (χ1n) is 6.05. The van der Waals surface area contributed by atoms with Crippen molar-refractivity contribution in [3.05, 3.63) is 47.7 Å². The summed E-state index contributed by atoms with van der Waals surface area (Å²) in [6.07, 6.45) is 1.64. The van der Waals surface area contributed by atoms with Gasteiger partial charge in [-0.3, -0.25) is 5.10 Å². The first-order chi connectivity index (χ1) is 9.74. The molecular weight excluding hydrogens is 261 g/mol. The summed E-state index contributed by atoms with van der Waals surface area (Å²) in [5, 5.41) is 13.4. The van der Waals surface area contributed by atoms with Crippen molar-refractivity contribution in [2.24, 2.45) is 0 Å². The molecule has 7 heteroatoms. The monoisotopic (exact) mass is 273 g/mol. The molecule has 0 fully saturated rings. The van der Waals surface area contributed by atoms with Gasteiger partial charge in [0.1, 0.15) is 5.82 Å². The molecule has 3 aromatic rings. The Bertz CT molecular complexity index is 721. The molecule has 0 atom stereocenters. The van der Waals surface area contributed by atoms with Gasteiger partial charge in [-0.15, -0.1) is 0 Å². The highest BCUT2D eigenvalue weighted by Crippen LogP contribution is 2.24. The number of benzene rings is 1. The van der Waals surface area contributed by atoms with Crippen LogP contribution < -0.4 is 5.32 Å². The van der Waals surface area contributed by atoms with Crippen LogP contribution in [0.15, 0.2) is 35.0 Å². The van der Waals surface area contributed by atoms with Crippen LogP contribution >= 0.6 is 0 Å². The predicted molar refractivity (Wildman–Crippen MR) is 70.3 cm³/mol. The standard InChI is InChI=1S/C13H12FN5O/c1-8-17-13(20-19-8)15-6-9-7-16-18-12(9)10-4-2-3-5-11(10)14/h2-5,7H,6H2,1H3,(H,16,18)(H,15,17,19). The van der Waals surface area contributed by atoms with Gasteiger partial charge in [-0.1, -0.05) is 17.3 Å². The Morgan fingerprint density at radius 2 is 2.20 bits per heavy atom. The summed E-state index contributed by atoms with van der Waals surface area (Å²) in [6, 6.07) is 6.85. The molecule has 0 saturated carbocycles. The SMILES string of the molecule is Cc1noc(NCc2cn[nH]c2-c2ccccc2F)n1. The lowest BCUT2D eigenvalue weighted by molar-refractivity contribution is 0.425. The van der Waals surface area contributed by atoms with Gasteiger partial charge in [0.15, 0.2) is 5.82 Å². The van der Waals surface area contributed by atoms with Crippen molar-refractivity contribution < 1.29 is 8.91 Å². The predicted octanol–water partition coefficient (Wildman–Crippen LogP) is 2.52. The van der Waals surface area contributed by atoms with E-state index in [0.717, 1.165) is 5.56 Å². The summed E-state index contributed by atoms with van der Waals surface area (Å²) >= 11 is 0. The Morgan fingerprint density at radius 1 is 1.35 bits per heavy atom. The van der Waals surface area contributed by atoms with Gasteiger partial charge >= 0.3 is 6.01 Å². The van der Waals surface area contributed by atoms with E-state index in [1.807, 2.05) is 0 Å². The molecule has 1 aromatic carbocycles. The van der Waals surface area contributed by atoms with Gasteiger partial charge in [0.05, 0.1) is 11.9 Å². The summed E-state index contributed by atoms with van der Waals surface area (Å²) in [4.78, 5) is 4.04. The van der Waals surface area contributed by atoms with Gasteiger partial charge in [0.25, 0.3) is 0 Å². The maximum atomic E-state index is 13.8. The van der Waals surface area contributed by atoms with E-state index in [9.17, 15) is 4.39 Å². The van der Waals surface area contributed by atoms with Crippen LogP contribution in [0, 0.1) is 12.7 Å². The second-order valence-electron chi connectivity index (χ2n) is 4.25. The molecule has 2 aromatic heterocycles. The number of H-pyrrole nitrogens is 1. The number of aryl methyl sites for hydroxylation is 1. The normalized spacial score (nSPS) is 10.7. The molecule has 0 aliphatic heterocycles. The van der Waals surface area contributed by atoms with Gasteiger partial charge in [-0.2, -0.15) is 10.1 Å². The summed E-state index contributed by atoms with van der Waals surface area (Å²) in [7, 11) is 0. The van der Waals surface area contributed by atoms with Crippen LogP contribution in [0.4, 0.5) is 10.4 Å². The number of rotatable bonds is 4. The van der Waals surface area contributed by atoms with Crippen LogP contribution in [0.2, 0.25) is 0 Å². The summed E-state index contributed by atoms with van der Waals surface area (Å²) in [5.74, 6) is 0.251. The lowest BCUT2D eigenvalue weighted by atomic mass is 10.1. The van der Waals surface area contributed by atoms with Crippen molar-refractivity contribution in [2.75, 3.05) is 5.32 Å². The number of nitrogens with one attached hydrogen (secondary N) is 2. The molecule has 0 amide bonds. The lowest BCUT2D eigenvalue weighted by Gasteiger charge is -2.04. The highest BCUT2D eigenvalue weighted by molar-refractivity contribution is 5.63. The van der Waals surface area contributed by atoms with Crippen LogP contribution in [0.25, 0.3) is 11.3 Å². The van der Waals surface area contributed by atoms with E-state index in [4.69, 9.17) is 4.52 Å². The van der Waals surface area contributed by atoms with Gasteiger partial charge in [-0.05, 0) is 19.1 Å². The van der Waals surface area contributed by atoms with Crippen LogP contribution in [0.1, 0.15) is 11.4 Å². The number of aromatic amines is 1. The number of anilines is 1. The first kappa shape index (κ1) is 12.3. The van der Waals surface area contributed by atoms with Gasteiger partial charge in [-0.25, -0.2) is 4.39 Å². The molecule has 0 aliphatic carbocycles. The zero-order valence-corrected chi connectivity index (χ0v) is 10.7. The largest absolute Gasteiger partial charge is 0.334 e. The average molecular weight is 273 g/mol. The van der Waals surface area contributed by atoms with E-state index in [1.54, 1.807) is 31.3 Å². The molecule has 0 radical (unpaired) electrons. The second kappa shape index (κ2) is 5.12. The van der Waals surface area contributed by atoms with E-state index in [1.165, 1.54) is 6.07 Å². The van der Waals surface area contributed by atoms with Crippen molar-refractivity contribution in [3.8, 4) is 11.3 Å². The minimum absolute atomic E-state index is 0.299. The molecule has 0 aliphatic rings. The van der Waals surface area contributed by atoms with E-state index in [2.05, 4.69) is 25.7 Å². The molecule has 20 heavy (non-hydrogen) atoms. The zero-order valence-electron chi connectivity index (χ0n) is 10.7. The maximum absolute atomic E-state index is 13.8. The number of halogens is 1. The topological polar surface area (TPSA) is 79.6 Å². The fourth-order valence-corrected chi connectivity index (χ4v) is 1.88. The minimum atomic E-state index is -0.299. The van der Waals surface area contributed by atoms with Gasteiger partial charge < -0.3 is 9.84 Å². The Labute approximate surface area is 114 Å².